The molecular weight excluding hydrogens is 244 g/mol. The highest BCUT2D eigenvalue weighted by Gasteiger charge is 2.29. The van der Waals surface area contributed by atoms with Gasteiger partial charge in [0.15, 0.2) is 0 Å². The molecule has 0 aromatic rings. The van der Waals surface area contributed by atoms with Crippen LogP contribution in [0.3, 0.4) is 0 Å². The maximum atomic E-state index is 11.6. The second-order valence-corrected chi connectivity index (χ2v) is 5.29. The number of rotatable bonds is 4. The van der Waals surface area contributed by atoms with Gasteiger partial charge in [0, 0.05) is 17.1 Å². The summed E-state index contributed by atoms with van der Waals surface area (Å²) in [6.07, 6.45) is 4.96. The summed E-state index contributed by atoms with van der Waals surface area (Å²) >= 11 is 0. The van der Waals surface area contributed by atoms with E-state index in [0.29, 0.717) is 11.1 Å². The summed E-state index contributed by atoms with van der Waals surface area (Å²) in [6, 6.07) is 0. The number of aliphatic hydroxyl groups is 1. The molecule has 0 aliphatic heterocycles. The molecule has 19 heavy (non-hydrogen) atoms. The van der Waals surface area contributed by atoms with E-state index in [4.69, 9.17) is 9.84 Å². The number of esters is 1. The SMILES string of the molecule is CC(=CC(=O)O[C@@H]1C=CC(C)(C)C(C)=C1C=O)CO. The van der Waals surface area contributed by atoms with Gasteiger partial charge in [-0.2, -0.15) is 0 Å². The number of carbonyl (C=O) groups excluding carboxylic acids is 2. The first-order chi connectivity index (χ1) is 8.81. The Labute approximate surface area is 113 Å². The highest BCUT2D eigenvalue weighted by molar-refractivity contribution is 5.85. The summed E-state index contributed by atoms with van der Waals surface area (Å²) in [5, 5.41) is 8.84. The number of allylic oxidation sites excluding steroid dienone is 2. The largest absolute Gasteiger partial charge is 0.450 e. The summed E-state index contributed by atoms with van der Waals surface area (Å²) in [6.45, 7) is 7.29. The smallest absolute Gasteiger partial charge is 0.331 e. The maximum Gasteiger partial charge on any atom is 0.331 e. The lowest BCUT2D eigenvalue weighted by atomic mass is 9.77. The molecule has 0 heterocycles. The summed E-state index contributed by atoms with van der Waals surface area (Å²) in [4.78, 5) is 22.8. The third-order valence-corrected chi connectivity index (χ3v) is 3.38. The molecule has 1 N–H and O–H groups in total. The Bertz CT molecular complexity index is 467. The van der Waals surface area contributed by atoms with Gasteiger partial charge in [-0.05, 0) is 25.5 Å². The van der Waals surface area contributed by atoms with Crippen LogP contribution in [0.25, 0.3) is 0 Å². The Balaban J connectivity index is 2.92. The fraction of sp³-hybridized carbons (Fsp3) is 0.467. The van der Waals surface area contributed by atoms with E-state index < -0.39 is 12.1 Å². The van der Waals surface area contributed by atoms with Crippen LogP contribution < -0.4 is 0 Å². The van der Waals surface area contributed by atoms with Crippen molar-refractivity contribution in [2.24, 2.45) is 5.41 Å². The number of hydrogen-bond donors (Lipinski definition) is 1. The molecule has 1 rings (SSSR count). The molecule has 0 unspecified atom stereocenters. The van der Waals surface area contributed by atoms with Gasteiger partial charge in [0.2, 0.25) is 0 Å². The predicted octanol–water partition coefficient (Wildman–Crippen LogP) is 1.95. The minimum Gasteiger partial charge on any atom is -0.450 e. The first-order valence-electron chi connectivity index (χ1n) is 6.16. The third-order valence-electron chi connectivity index (χ3n) is 3.38. The number of carbonyl (C=O) groups is 2. The number of hydrogen-bond acceptors (Lipinski definition) is 4. The van der Waals surface area contributed by atoms with Crippen molar-refractivity contribution < 1.29 is 19.4 Å². The van der Waals surface area contributed by atoms with Crippen LogP contribution in [-0.2, 0) is 14.3 Å². The van der Waals surface area contributed by atoms with Gasteiger partial charge < -0.3 is 9.84 Å². The van der Waals surface area contributed by atoms with E-state index in [0.717, 1.165) is 11.9 Å². The summed E-state index contributed by atoms with van der Waals surface area (Å²) in [7, 11) is 0. The van der Waals surface area contributed by atoms with Crippen LogP contribution in [0.5, 0.6) is 0 Å². The Morgan fingerprint density at radius 1 is 1.53 bits per heavy atom. The molecule has 0 fully saturated rings. The summed E-state index contributed by atoms with van der Waals surface area (Å²) < 4.78 is 5.23. The standard InChI is InChI=1S/C15H20O4/c1-10(8-16)7-14(18)19-13-5-6-15(3,4)11(2)12(13)9-17/h5-7,9,13,16H,8H2,1-4H3/t13-/m1/s1. The van der Waals surface area contributed by atoms with Gasteiger partial charge in [-0.3, -0.25) is 4.79 Å². The zero-order valence-corrected chi connectivity index (χ0v) is 11.8. The quantitative estimate of drug-likeness (QED) is 0.365. The summed E-state index contributed by atoms with van der Waals surface area (Å²) in [5.41, 5.74) is 1.68. The minimum atomic E-state index is -0.652. The van der Waals surface area contributed by atoms with E-state index in [1.165, 1.54) is 6.08 Å². The lowest BCUT2D eigenvalue weighted by molar-refractivity contribution is -0.139. The average molecular weight is 264 g/mol. The second-order valence-electron chi connectivity index (χ2n) is 5.29. The van der Waals surface area contributed by atoms with E-state index in [2.05, 4.69) is 0 Å². The summed E-state index contributed by atoms with van der Waals surface area (Å²) in [5.74, 6) is -0.562. The molecule has 1 aliphatic carbocycles. The van der Waals surface area contributed by atoms with Crippen LogP contribution >= 0.6 is 0 Å². The maximum absolute atomic E-state index is 11.6. The molecule has 4 heteroatoms. The van der Waals surface area contributed by atoms with Crippen molar-refractivity contribution in [1.29, 1.82) is 0 Å². The minimum absolute atomic E-state index is 0.196. The molecule has 104 valence electrons. The van der Waals surface area contributed by atoms with Crippen molar-refractivity contribution in [3.63, 3.8) is 0 Å². The molecule has 0 amide bonds. The zero-order chi connectivity index (χ0) is 14.6. The molecule has 0 aromatic carbocycles. The highest BCUT2D eigenvalue weighted by atomic mass is 16.5. The molecular formula is C15H20O4. The van der Waals surface area contributed by atoms with Crippen molar-refractivity contribution in [3.8, 4) is 0 Å². The molecule has 4 nitrogen and oxygen atoms in total. The third kappa shape index (κ3) is 3.64. The van der Waals surface area contributed by atoms with E-state index in [-0.39, 0.29) is 12.0 Å². The Hall–Kier alpha value is -1.68. The van der Waals surface area contributed by atoms with Gasteiger partial charge in [0.25, 0.3) is 0 Å². The Morgan fingerprint density at radius 3 is 2.68 bits per heavy atom. The molecule has 0 aromatic heterocycles. The van der Waals surface area contributed by atoms with E-state index in [1.54, 1.807) is 13.0 Å². The average Bonchev–Trinajstić information content (AvgIpc) is 2.34. The van der Waals surface area contributed by atoms with Crippen LogP contribution in [0.1, 0.15) is 27.7 Å². The zero-order valence-electron chi connectivity index (χ0n) is 11.8. The second kappa shape index (κ2) is 5.97. The van der Waals surface area contributed by atoms with Crippen molar-refractivity contribution in [1.82, 2.24) is 0 Å². The van der Waals surface area contributed by atoms with Crippen LogP contribution in [0, 0.1) is 5.41 Å². The van der Waals surface area contributed by atoms with Crippen LogP contribution in [0.4, 0.5) is 0 Å². The Morgan fingerprint density at radius 2 is 2.16 bits per heavy atom. The highest BCUT2D eigenvalue weighted by Crippen LogP contribution is 2.35. The van der Waals surface area contributed by atoms with Gasteiger partial charge in [-0.15, -0.1) is 0 Å². The van der Waals surface area contributed by atoms with E-state index >= 15 is 0 Å². The normalized spacial score (nSPS) is 22.4. The number of aldehydes is 1. The van der Waals surface area contributed by atoms with E-state index in [1.807, 2.05) is 26.8 Å². The molecule has 0 bridgehead atoms. The lowest BCUT2D eigenvalue weighted by Gasteiger charge is -2.30. The van der Waals surface area contributed by atoms with Crippen LogP contribution in [-0.4, -0.2) is 30.1 Å². The van der Waals surface area contributed by atoms with Crippen molar-refractivity contribution in [2.45, 2.75) is 33.8 Å². The molecule has 0 saturated carbocycles. The molecule has 0 radical (unpaired) electrons. The first-order valence-corrected chi connectivity index (χ1v) is 6.16. The Kier molecular flexibility index (Phi) is 4.84. The number of ether oxygens (including phenoxy) is 1. The van der Waals surface area contributed by atoms with Crippen molar-refractivity contribution >= 4 is 12.3 Å². The monoisotopic (exact) mass is 264 g/mol. The first kappa shape index (κ1) is 15.4. The van der Waals surface area contributed by atoms with Gasteiger partial charge in [0.1, 0.15) is 12.4 Å². The van der Waals surface area contributed by atoms with Gasteiger partial charge >= 0.3 is 5.97 Å². The topological polar surface area (TPSA) is 63.6 Å². The fourth-order valence-electron chi connectivity index (χ4n) is 1.81. The van der Waals surface area contributed by atoms with Gasteiger partial charge in [-0.25, -0.2) is 4.79 Å². The molecule has 0 saturated heterocycles. The number of aliphatic hydroxyl groups excluding tert-OH is 1. The molecule has 0 spiro atoms. The lowest BCUT2D eigenvalue weighted by Crippen LogP contribution is -2.27. The van der Waals surface area contributed by atoms with Crippen molar-refractivity contribution in [2.75, 3.05) is 6.61 Å². The van der Waals surface area contributed by atoms with E-state index in [9.17, 15) is 9.59 Å². The predicted molar refractivity (Wildman–Crippen MR) is 72.4 cm³/mol. The van der Waals surface area contributed by atoms with Crippen LogP contribution in [0.2, 0.25) is 0 Å². The van der Waals surface area contributed by atoms with Gasteiger partial charge in [0.05, 0.1) is 6.61 Å². The molecule has 1 aliphatic rings. The molecule has 1 atom stereocenters. The van der Waals surface area contributed by atoms with Crippen LogP contribution in [0.15, 0.2) is 34.9 Å². The van der Waals surface area contributed by atoms with Crippen molar-refractivity contribution in [3.05, 3.63) is 34.9 Å². The fourth-order valence-corrected chi connectivity index (χ4v) is 1.81. The van der Waals surface area contributed by atoms with Gasteiger partial charge in [-0.1, -0.05) is 25.5 Å².